The second kappa shape index (κ2) is 27.4. The molecule has 0 spiro atoms. The van der Waals surface area contributed by atoms with Gasteiger partial charge in [0.1, 0.15) is 0 Å². The summed E-state index contributed by atoms with van der Waals surface area (Å²) in [5.74, 6) is -0.203. The standard InChI is InChI=1S/C32H51N2O2.3C4H9.Sn/c1-3-5-6-7-8-9-10-11-12-13-14-15-16-17-18-19-20-21-28-22-24-33-30(26-28)31-27-29(23-25-34-31)32(35)36-4-2;3*1-3-4-2;/h22-27,34H,3-21H2,1-2H3;3*1,3-4H2,2H3;. The summed E-state index contributed by atoms with van der Waals surface area (Å²) in [5, 5.41) is 3.96. The summed E-state index contributed by atoms with van der Waals surface area (Å²) in [4.78, 5) is 18.3. The number of nitrogens with zero attached hydrogens (tertiary/aromatic N) is 1. The quantitative estimate of drug-likeness (QED) is 0.0463. The molecule has 0 aliphatic carbocycles. The van der Waals surface area contributed by atoms with Gasteiger partial charge >= 0.3 is 239 Å². The minimum absolute atomic E-state index is 0.203. The zero-order chi connectivity index (χ0) is 35.5. The fourth-order valence-corrected chi connectivity index (χ4v) is 26.8. The molecule has 5 heteroatoms. The Morgan fingerprint density at radius 2 is 1.14 bits per heavy atom. The van der Waals surface area contributed by atoms with Crippen LogP contribution in [0, 0.1) is 0 Å². The van der Waals surface area contributed by atoms with Crippen LogP contribution in [0.3, 0.4) is 0 Å². The fraction of sp³-hybridized carbons (Fsp3) is 0.773. The van der Waals surface area contributed by atoms with E-state index in [1.807, 2.05) is 25.4 Å². The Balaban J connectivity index is 1.99. The average Bonchev–Trinajstić information content (AvgIpc) is 3.13. The summed E-state index contributed by atoms with van der Waals surface area (Å²) in [6.07, 6.45) is 40.7. The van der Waals surface area contributed by atoms with Gasteiger partial charge in [0.15, 0.2) is 0 Å². The average molecular weight is 786 g/mol. The first-order chi connectivity index (χ1) is 24.0. The molecule has 0 amide bonds. The third-order valence-electron chi connectivity index (χ3n) is 11.1. The molecule has 0 aromatic carbocycles. The van der Waals surface area contributed by atoms with E-state index < -0.39 is 18.4 Å². The van der Waals surface area contributed by atoms with Crippen molar-refractivity contribution in [3.63, 3.8) is 0 Å². The van der Waals surface area contributed by atoms with Crippen LogP contribution in [-0.4, -0.2) is 35.9 Å². The normalized spacial score (nSPS) is 16.1. The van der Waals surface area contributed by atoms with Crippen molar-refractivity contribution in [1.82, 2.24) is 10.3 Å². The van der Waals surface area contributed by atoms with E-state index in [2.05, 4.69) is 51.2 Å². The third-order valence-corrected chi connectivity index (χ3v) is 28.7. The number of unbranched alkanes of at least 4 members (excludes halogenated alkanes) is 19. The van der Waals surface area contributed by atoms with Crippen molar-refractivity contribution in [2.24, 2.45) is 0 Å². The molecular formula is C44H78N2O2Sn. The predicted molar refractivity (Wildman–Crippen MR) is 216 cm³/mol. The first kappa shape index (κ1) is 43.9. The molecule has 2 rings (SSSR count). The summed E-state index contributed by atoms with van der Waals surface area (Å²) < 4.78 is 9.18. The summed E-state index contributed by atoms with van der Waals surface area (Å²) >= 11 is -3.11. The van der Waals surface area contributed by atoms with Crippen molar-refractivity contribution in [2.45, 2.75) is 206 Å². The number of carbonyl (C=O) groups is 1. The van der Waals surface area contributed by atoms with Gasteiger partial charge in [0, 0.05) is 0 Å². The molecule has 49 heavy (non-hydrogen) atoms. The van der Waals surface area contributed by atoms with Crippen LogP contribution in [0.2, 0.25) is 13.3 Å². The van der Waals surface area contributed by atoms with Crippen molar-refractivity contribution < 1.29 is 9.53 Å². The molecule has 1 aliphatic rings. The zero-order valence-electron chi connectivity index (χ0n) is 33.0. The number of dihydropyridines is 1. The molecule has 0 bridgehead atoms. The van der Waals surface area contributed by atoms with Crippen molar-refractivity contribution in [3.05, 3.63) is 53.5 Å². The molecule has 0 fully saturated rings. The van der Waals surface area contributed by atoms with Crippen LogP contribution in [0.4, 0.5) is 0 Å². The molecule has 4 nitrogen and oxygen atoms in total. The van der Waals surface area contributed by atoms with E-state index >= 15 is 0 Å². The Kier molecular flexibility index (Phi) is 24.5. The van der Waals surface area contributed by atoms with Gasteiger partial charge in [0.2, 0.25) is 0 Å². The predicted octanol–water partition coefficient (Wildman–Crippen LogP) is 13.5. The van der Waals surface area contributed by atoms with E-state index in [1.54, 1.807) is 0 Å². The van der Waals surface area contributed by atoms with Crippen LogP contribution in [0.1, 0.15) is 194 Å². The second-order valence-electron chi connectivity index (χ2n) is 15.2. The van der Waals surface area contributed by atoms with Crippen molar-refractivity contribution in [1.29, 1.82) is 0 Å². The number of nitrogens with one attached hydrogen (secondary N) is 1. The number of ether oxygens (including phenoxy) is 1. The van der Waals surface area contributed by atoms with E-state index in [0.717, 1.165) is 12.1 Å². The Morgan fingerprint density at radius 1 is 0.673 bits per heavy atom. The van der Waals surface area contributed by atoms with Crippen molar-refractivity contribution in [3.8, 4) is 0 Å². The number of hydrogen-bond donors (Lipinski definition) is 1. The second-order valence-corrected chi connectivity index (χ2v) is 29.0. The molecule has 1 aliphatic heterocycles. The number of carbonyl (C=O) groups excluding carboxylic acids is 1. The van der Waals surface area contributed by atoms with Gasteiger partial charge in [-0.1, -0.05) is 71.1 Å². The molecule has 2 heterocycles. The zero-order valence-corrected chi connectivity index (χ0v) is 35.9. The Labute approximate surface area is 308 Å². The Bertz CT molecular complexity index is 1030. The van der Waals surface area contributed by atoms with Gasteiger partial charge in [-0.3, -0.25) is 0 Å². The summed E-state index contributed by atoms with van der Waals surface area (Å²) in [5.41, 5.74) is 3.25. The molecule has 1 atom stereocenters. The summed E-state index contributed by atoms with van der Waals surface area (Å²) in [7, 11) is 0. The number of aromatic nitrogens is 1. The number of esters is 1. The number of aryl methyl sites for hydroxylation is 1. The van der Waals surface area contributed by atoms with E-state index in [4.69, 9.17) is 9.72 Å². The Morgan fingerprint density at radius 3 is 1.61 bits per heavy atom. The van der Waals surface area contributed by atoms with Crippen LogP contribution in [0.5, 0.6) is 0 Å². The maximum atomic E-state index is 13.2. The molecule has 0 saturated carbocycles. The van der Waals surface area contributed by atoms with Crippen LogP contribution in [0.15, 0.2) is 42.3 Å². The van der Waals surface area contributed by atoms with Gasteiger partial charge in [0.25, 0.3) is 0 Å². The van der Waals surface area contributed by atoms with Crippen molar-refractivity contribution >= 4 is 24.3 Å². The van der Waals surface area contributed by atoms with Gasteiger partial charge in [-0.05, 0) is 0 Å². The molecule has 0 saturated heterocycles. The third kappa shape index (κ3) is 15.9. The number of rotatable bonds is 31. The Hall–Kier alpha value is -1.30. The molecule has 1 N–H and O–H groups in total. The van der Waals surface area contributed by atoms with E-state index in [9.17, 15) is 4.79 Å². The van der Waals surface area contributed by atoms with Gasteiger partial charge in [-0.2, -0.15) is 0 Å². The van der Waals surface area contributed by atoms with Gasteiger partial charge in [-0.15, -0.1) is 0 Å². The summed E-state index contributed by atoms with van der Waals surface area (Å²) in [6, 6.07) is 4.65. The molecule has 1 unspecified atom stereocenters. The topological polar surface area (TPSA) is 51.2 Å². The SMILES string of the molecule is CCCCCCCCCCCCCCCCCCCc1ccnc([C]2([Sn]([CH2]CCC)([CH2]CCC)[CH2]CCC)C=C(C(=O)OCC)C=CN2)c1. The van der Waals surface area contributed by atoms with Crippen LogP contribution < -0.4 is 5.32 Å². The van der Waals surface area contributed by atoms with Crippen LogP contribution in [0.25, 0.3) is 0 Å². The summed E-state index contributed by atoms with van der Waals surface area (Å²) in [6.45, 7) is 11.6. The van der Waals surface area contributed by atoms with Gasteiger partial charge in [0.05, 0.1) is 0 Å². The van der Waals surface area contributed by atoms with E-state index in [0.29, 0.717) is 12.2 Å². The fourth-order valence-electron chi connectivity index (χ4n) is 8.06. The first-order valence-corrected chi connectivity index (χ1v) is 28.8. The van der Waals surface area contributed by atoms with Gasteiger partial charge in [-0.25, -0.2) is 0 Å². The minimum atomic E-state index is -3.11. The number of hydrogen-bond acceptors (Lipinski definition) is 4. The monoisotopic (exact) mass is 787 g/mol. The van der Waals surface area contributed by atoms with Gasteiger partial charge < -0.3 is 0 Å². The molecule has 0 radical (unpaired) electrons. The van der Waals surface area contributed by atoms with Crippen molar-refractivity contribution in [2.75, 3.05) is 6.61 Å². The maximum absolute atomic E-state index is 13.2. The molecule has 1 aromatic heterocycles. The molecule has 280 valence electrons. The van der Waals surface area contributed by atoms with Crippen LogP contribution >= 0.6 is 0 Å². The first-order valence-electron chi connectivity index (χ1n) is 21.3. The molecular weight excluding hydrogens is 707 g/mol. The van der Waals surface area contributed by atoms with Crippen LogP contribution in [-0.2, 0) is 19.5 Å². The van der Waals surface area contributed by atoms with E-state index in [1.165, 1.54) is 167 Å². The van der Waals surface area contributed by atoms with E-state index in [-0.39, 0.29) is 9.52 Å². The molecule has 1 aromatic rings. The number of pyridine rings is 1.